The van der Waals surface area contributed by atoms with Crippen molar-refractivity contribution in [3.63, 3.8) is 0 Å². The van der Waals surface area contributed by atoms with Gasteiger partial charge in [-0.05, 0) is 43.7 Å². The number of aromatic nitrogens is 1. The fourth-order valence-corrected chi connectivity index (χ4v) is 2.33. The smallest absolute Gasteiger partial charge is 0.340 e. The molecule has 0 amide bonds. The Morgan fingerprint density at radius 2 is 2.19 bits per heavy atom. The van der Waals surface area contributed by atoms with Crippen molar-refractivity contribution < 1.29 is 9.53 Å². The molecule has 0 unspecified atom stereocenters. The van der Waals surface area contributed by atoms with Crippen LogP contribution in [0.2, 0.25) is 0 Å². The summed E-state index contributed by atoms with van der Waals surface area (Å²) in [5, 5.41) is 3.14. The number of benzene rings is 1. The molecule has 110 valence electrons. The quantitative estimate of drug-likeness (QED) is 0.823. The average molecular weight is 350 g/mol. The minimum absolute atomic E-state index is 0.276. The van der Waals surface area contributed by atoms with Crippen molar-refractivity contribution in [2.24, 2.45) is 0 Å². The van der Waals surface area contributed by atoms with Crippen LogP contribution in [0.25, 0.3) is 0 Å². The molecule has 0 saturated carbocycles. The molecule has 3 N–H and O–H groups in total. The van der Waals surface area contributed by atoms with Crippen LogP contribution in [0.5, 0.6) is 0 Å². The first-order chi connectivity index (χ1) is 10.0. The Balaban J connectivity index is 2.32. The predicted octanol–water partition coefficient (Wildman–Crippen LogP) is 3.66. The van der Waals surface area contributed by atoms with Crippen LogP contribution in [0.1, 0.15) is 22.8 Å². The van der Waals surface area contributed by atoms with Crippen molar-refractivity contribution in [1.82, 2.24) is 4.98 Å². The van der Waals surface area contributed by atoms with Gasteiger partial charge in [-0.2, -0.15) is 0 Å². The number of ether oxygens (including phenoxy) is 1. The zero-order valence-corrected chi connectivity index (χ0v) is 13.4. The molecule has 0 fully saturated rings. The first-order valence-electron chi connectivity index (χ1n) is 6.47. The van der Waals surface area contributed by atoms with Gasteiger partial charge in [0.2, 0.25) is 0 Å². The number of carbonyl (C=O) groups is 1. The molecule has 6 heteroatoms. The third kappa shape index (κ3) is 3.52. The number of halogens is 1. The van der Waals surface area contributed by atoms with E-state index >= 15 is 0 Å². The molecule has 0 bridgehead atoms. The van der Waals surface area contributed by atoms with Crippen LogP contribution in [-0.2, 0) is 4.74 Å². The van der Waals surface area contributed by atoms with Crippen LogP contribution >= 0.6 is 15.9 Å². The maximum Gasteiger partial charge on any atom is 0.340 e. The molecule has 2 rings (SSSR count). The molecule has 0 radical (unpaired) electrons. The Morgan fingerprint density at radius 1 is 1.43 bits per heavy atom. The van der Waals surface area contributed by atoms with E-state index in [1.54, 1.807) is 13.0 Å². The second-order valence-corrected chi connectivity index (χ2v) is 5.34. The lowest BCUT2D eigenvalue weighted by Crippen LogP contribution is -2.10. The van der Waals surface area contributed by atoms with Crippen molar-refractivity contribution in [3.8, 4) is 0 Å². The van der Waals surface area contributed by atoms with Crippen LogP contribution in [0.4, 0.5) is 17.2 Å². The van der Waals surface area contributed by atoms with Crippen LogP contribution < -0.4 is 11.1 Å². The van der Waals surface area contributed by atoms with Crippen LogP contribution in [0, 0.1) is 6.92 Å². The fourth-order valence-electron chi connectivity index (χ4n) is 1.85. The van der Waals surface area contributed by atoms with Gasteiger partial charge in [0, 0.05) is 16.4 Å². The number of rotatable bonds is 4. The summed E-state index contributed by atoms with van der Waals surface area (Å²) in [6.07, 6.45) is 1.53. The molecule has 1 aromatic carbocycles. The molecule has 0 aliphatic rings. The van der Waals surface area contributed by atoms with E-state index in [9.17, 15) is 4.79 Å². The van der Waals surface area contributed by atoms with Crippen molar-refractivity contribution in [2.45, 2.75) is 13.8 Å². The standard InChI is InChI=1S/C15H16BrN3O2/c1-3-21-15(20)11-6-7-18-14(13(11)17)19-12-5-4-10(16)8-9(12)2/h4-8H,3,17H2,1-2H3,(H,18,19). The summed E-state index contributed by atoms with van der Waals surface area (Å²) in [4.78, 5) is 16.0. The Kier molecular flexibility index (Phi) is 4.80. The van der Waals surface area contributed by atoms with Crippen LogP contribution in [0.15, 0.2) is 34.9 Å². The molecular formula is C15H16BrN3O2. The van der Waals surface area contributed by atoms with E-state index in [0.717, 1.165) is 15.7 Å². The van der Waals surface area contributed by atoms with Gasteiger partial charge in [0.05, 0.1) is 17.9 Å². The first kappa shape index (κ1) is 15.3. The number of anilines is 3. The van der Waals surface area contributed by atoms with E-state index in [2.05, 4.69) is 26.2 Å². The van der Waals surface area contributed by atoms with Gasteiger partial charge < -0.3 is 15.8 Å². The Labute approximate surface area is 131 Å². The summed E-state index contributed by atoms with van der Waals surface area (Å²) < 4.78 is 5.97. The van der Waals surface area contributed by atoms with Crippen molar-refractivity contribution >= 4 is 39.1 Å². The van der Waals surface area contributed by atoms with E-state index in [0.29, 0.717) is 18.0 Å². The monoisotopic (exact) mass is 349 g/mol. The molecule has 1 heterocycles. The second-order valence-electron chi connectivity index (χ2n) is 4.43. The minimum atomic E-state index is -0.451. The number of aryl methyl sites for hydroxylation is 1. The highest BCUT2D eigenvalue weighted by atomic mass is 79.9. The van der Waals surface area contributed by atoms with Gasteiger partial charge in [0.1, 0.15) is 0 Å². The second kappa shape index (κ2) is 6.58. The highest BCUT2D eigenvalue weighted by Crippen LogP contribution is 2.27. The number of nitrogens with two attached hydrogens (primary N) is 1. The number of pyridine rings is 1. The number of nitrogen functional groups attached to an aromatic ring is 1. The lowest BCUT2D eigenvalue weighted by atomic mass is 10.2. The van der Waals surface area contributed by atoms with Crippen molar-refractivity contribution in [2.75, 3.05) is 17.7 Å². The van der Waals surface area contributed by atoms with Gasteiger partial charge in [-0.3, -0.25) is 0 Å². The molecule has 2 aromatic rings. The lowest BCUT2D eigenvalue weighted by molar-refractivity contribution is 0.0527. The molecular weight excluding hydrogens is 334 g/mol. The summed E-state index contributed by atoms with van der Waals surface area (Å²) in [7, 11) is 0. The van der Waals surface area contributed by atoms with Crippen molar-refractivity contribution in [1.29, 1.82) is 0 Å². The average Bonchev–Trinajstić information content (AvgIpc) is 2.44. The van der Waals surface area contributed by atoms with E-state index < -0.39 is 5.97 Å². The van der Waals surface area contributed by atoms with E-state index in [1.165, 1.54) is 6.20 Å². The highest BCUT2D eigenvalue weighted by molar-refractivity contribution is 9.10. The zero-order valence-electron chi connectivity index (χ0n) is 11.8. The number of hydrogen-bond donors (Lipinski definition) is 2. The number of hydrogen-bond acceptors (Lipinski definition) is 5. The summed E-state index contributed by atoms with van der Waals surface area (Å²) >= 11 is 3.41. The minimum Gasteiger partial charge on any atom is -0.462 e. The summed E-state index contributed by atoms with van der Waals surface area (Å²) in [6.45, 7) is 4.02. The van der Waals surface area contributed by atoms with Crippen LogP contribution in [-0.4, -0.2) is 17.6 Å². The number of nitrogens with zero attached hydrogens (tertiary/aromatic N) is 1. The van der Waals surface area contributed by atoms with Gasteiger partial charge in [-0.15, -0.1) is 0 Å². The fraction of sp³-hybridized carbons (Fsp3) is 0.200. The SMILES string of the molecule is CCOC(=O)c1ccnc(Nc2ccc(Br)cc2C)c1N. The van der Waals surface area contributed by atoms with Gasteiger partial charge in [-0.25, -0.2) is 9.78 Å². The normalized spacial score (nSPS) is 10.2. The maximum atomic E-state index is 11.8. The van der Waals surface area contributed by atoms with E-state index in [-0.39, 0.29) is 5.69 Å². The van der Waals surface area contributed by atoms with E-state index in [1.807, 2.05) is 25.1 Å². The summed E-state index contributed by atoms with van der Waals surface area (Å²) in [6, 6.07) is 7.36. The predicted molar refractivity (Wildman–Crippen MR) is 86.8 cm³/mol. The Hall–Kier alpha value is -2.08. The highest BCUT2D eigenvalue weighted by Gasteiger charge is 2.15. The summed E-state index contributed by atoms with van der Waals surface area (Å²) in [5.74, 6) is -0.0149. The van der Waals surface area contributed by atoms with Gasteiger partial charge in [0.25, 0.3) is 0 Å². The molecule has 5 nitrogen and oxygen atoms in total. The molecule has 0 aliphatic heterocycles. The van der Waals surface area contributed by atoms with E-state index in [4.69, 9.17) is 10.5 Å². The molecule has 1 aromatic heterocycles. The molecule has 0 aliphatic carbocycles. The lowest BCUT2D eigenvalue weighted by Gasteiger charge is -2.13. The van der Waals surface area contributed by atoms with Gasteiger partial charge in [-0.1, -0.05) is 15.9 Å². The topological polar surface area (TPSA) is 77.2 Å². The zero-order chi connectivity index (χ0) is 15.4. The molecule has 0 spiro atoms. The third-order valence-electron chi connectivity index (χ3n) is 2.93. The molecule has 0 atom stereocenters. The number of carbonyl (C=O) groups excluding carboxylic acids is 1. The van der Waals surface area contributed by atoms with Crippen LogP contribution in [0.3, 0.4) is 0 Å². The Morgan fingerprint density at radius 3 is 2.86 bits per heavy atom. The maximum absolute atomic E-state index is 11.8. The summed E-state index contributed by atoms with van der Waals surface area (Å²) in [5.41, 5.74) is 8.50. The molecule has 0 saturated heterocycles. The Bertz CT molecular complexity index is 674. The third-order valence-corrected chi connectivity index (χ3v) is 3.42. The first-order valence-corrected chi connectivity index (χ1v) is 7.27. The van der Waals surface area contributed by atoms with Gasteiger partial charge >= 0.3 is 5.97 Å². The van der Waals surface area contributed by atoms with Gasteiger partial charge in [0.15, 0.2) is 5.82 Å². The van der Waals surface area contributed by atoms with Crippen molar-refractivity contribution in [3.05, 3.63) is 46.1 Å². The molecule has 21 heavy (non-hydrogen) atoms. The number of nitrogens with one attached hydrogen (secondary N) is 1. The number of esters is 1. The largest absolute Gasteiger partial charge is 0.462 e.